The molecule has 0 spiro atoms. The van der Waals surface area contributed by atoms with Crippen molar-refractivity contribution in [2.45, 2.75) is 56.4 Å². The molecular formula is C20H29ClFN3O2. The van der Waals surface area contributed by atoms with Gasteiger partial charge in [0.05, 0.1) is 11.2 Å². The van der Waals surface area contributed by atoms with Gasteiger partial charge in [0, 0.05) is 32.0 Å². The van der Waals surface area contributed by atoms with E-state index in [2.05, 4.69) is 15.6 Å². The second kappa shape index (κ2) is 9.30. The van der Waals surface area contributed by atoms with Crippen molar-refractivity contribution in [3.05, 3.63) is 28.8 Å². The summed E-state index contributed by atoms with van der Waals surface area (Å²) in [4.78, 5) is 16.2. The van der Waals surface area contributed by atoms with Gasteiger partial charge >= 0.3 is 0 Å². The minimum Gasteiger partial charge on any atom is -0.381 e. The minimum absolute atomic E-state index is 0.0531. The van der Waals surface area contributed by atoms with Crippen LogP contribution in [0.1, 0.15) is 56.4 Å². The number of hydrogen-bond acceptors (Lipinski definition) is 4. The monoisotopic (exact) mass is 397 g/mol. The van der Waals surface area contributed by atoms with Crippen molar-refractivity contribution >= 4 is 17.5 Å². The number of nitrogens with zero attached hydrogens (tertiary/aromatic N) is 1. The van der Waals surface area contributed by atoms with E-state index in [1.54, 1.807) is 7.05 Å². The summed E-state index contributed by atoms with van der Waals surface area (Å²) in [5.41, 5.74) is 0.127. The Labute approximate surface area is 165 Å². The number of pyridine rings is 1. The summed E-state index contributed by atoms with van der Waals surface area (Å²) in [5, 5.41) is 6.74. The molecule has 27 heavy (non-hydrogen) atoms. The quantitative estimate of drug-likeness (QED) is 0.772. The van der Waals surface area contributed by atoms with Gasteiger partial charge in [-0.25, -0.2) is 4.39 Å². The Balaban J connectivity index is 1.49. The lowest BCUT2D eigenvalue weighted by Crippen LogP contribution is -2.59. The normalized spacial score (nSPS) is 25.1. The van der Waals surface area contributed by atoms with E-state index in [1.165, 1.54) is 12.4 Å². The molecule has 2 aliphatic rings. The van der Waals surface area contributed by atoms with E-state index in [0.29, 0.717) is 42.6 Å². The molecule has 2 heterocycles. The molecule has 1 saturated carbocycles. The lowest BCUT2D eigenvalue weighted by molar-refractivity contribution is -0.131. The summed E-state index contributed by atoms with van der Waals surface area (Å²) in [6.45, 7) is 2.04. The Kier molecular flexibility index (Phi) is 7.06. The van der Waals surface area contributed by atoms with Crippen molar-refractivity contribution in [1.29, 1.82) is 0 Å². The van der Waals surface area contributed by atoms with Gasteiger partial charge in [-0.1, -0.05) is 11.6 Å². The van der Waals surface area contributed by atoms with Crippen LogP contribution in [-0.4, -0.2) is 43.2 Å². The Morgan fingerprint density at radius 3 is 2.63 bits per heavy atom. The van der Waals surface area contributed by atoms with Gasteiger partial charge in [-0.15, -0.1) is 0 Å². The minimum atomic E-state index is -0.502. The van der Waals surface area contributed by atoms with Crippen LogP contribution in [0.2, 0.25) is 5.02 Å². The van der Waals surface area contributed by atoms with Gasteiger partial charge in [-0.2, -0.15) is 0 Å². The highest BCUT2D eigenvalue weighted by Crippen LogP contribution is 2.40. The highest BCUT2D eigenvalue weighted by Gasteiger charge is 2.39. The van der Waals surface area contributed by atoms with Gasteiger partial charge in [-0.05, 0) is 63.3 Å². The first-order chi connectivity index (χ1) is 13.1. The van der Waals surface area contributed by atoms with E-state index in [1.807, 2.05) is 0 Å². The summed E-state index contributed by atoms with van der Waals surface area (Å²) in [6.07, 6.45) is 9.23. The lowest BCUT2D eigenvalue weighted by Gasteiger charge is -2.37. The van der Waals surface area contributed by atoms with Crippen molar-refractivity contribution in [2.75, 3.05) is 26.8 Å². The van der Waals surface area contributed by atoms with Gasteiger partial charge in [0.1, 0.15) is 11.4 Å². The maximum absolute atomic E-state index is 14.1. The molecule has 0 atom stereocenters. The zero-order valence-electron chi connectivity index (χ0n) is 15.9. The van der Waals surface area contributed by atoms with Crippen molar-refractivity contribution in [1.82, 2.24) is 15.6 Å². The summed E-state index contributed by atoms with van der Waals surface area (Å²) < 4.78 is 19.5. The average molecular weight is 398 g/mol. The molecule has 7 heteroatoms. The first-order valence-electron chi connectivity index (χ1n) is 9.89. The summed E-state index contributed by atoms with van der Waals surface area (Å²) >= 11 is 6.17. The maximum Gasteiger partial charge on any atom is 0.240 e. The fourth-order valence-electron chi connectivity index (χ4n) is 4.51. The predicted octanol–water partition coefficient (Wildman–Crippen LogP) is 3.42. The number of ether oxygens (including phenoxy) is 1. The molecule has 1 aliphatic heterocycles. The topological polar surface area (TPSA) is 63.2 Å². The van der Waals surface area contributed by atoms with Crippen molar-refractivity contribution < 1.29 is 13.9 Å². The van der Waals surface area contributed by atoms with Crippen LogP contribution in [0.3, 0.4) is 0 Å². The standard InChI is InChI=1S/C20H29ClFN3O2/c1-23-19(26)20(7-10-27-11-8-20)25-9-6-14-2-4-15(5-3-14)18-16(21)12-24-13-17(18)22/h12-15,25H,2-11H2,1H3,(H,23,26)/t14-,15+. The third kappa shape index (κ3) is 4.79. The largest absolute Gasteiger partial charge is 0.381 e. The molecule has 0 unspecified atom stereocenters. The van der Waals surface area contributed by atoms with Crippen LogP contribution in [0.4, 0.5) is 4.39 Å². The number of carbonyl (C=O) groups is 1. The van der Waals surface area contributed by atoms with Crippen LogP contribution in [-0.2, 0) is 9.53 Å². The fraction of sp³-hybridized carbons (Fsp3) is 0.700. The zero-order chi connectivity index (χ0) is 19.3. The number of hydrogen-bond donors (Lipinski definition) is 2. The molecule has 1 saturated heterocycles. The zero-order valence-corrected chi connectivity index (χ0v) is 16.7. The highest BCUT2D eigenvalue weighted by atomic mass is 35.5. The Morgan fingerprint density at radius 1 is 1.30 bits per heavy atom. The first kappa shape index (κ1) is 20.5. The molecule has 5 nitrogen and oxygen atoms in total. The highest BCUT2D eigenvalue weighted by molar-refractivity contribution is 6.31. The summed E-state index contributed by atoms with van der Waals surface area (Å²) in [5.74, 6) is 0.536. The molecule has 0 aromatic carbocycles. The number of rotatable bonds is 6. The number of likely N-dealkylation sites (N-methyl/N-ethyl adjacent to an activating group) is 1. The third-order valence-electron chi connectivity index (χ3n) is 6.17. The third-order valence-corrected chi connectivity index (χ3v) is 6.47. The average Bonchev–Trinajstić information content (AvgIpc) is 2.69. The Bertz CT molecular complexity index is 624. The van der Waals surface area contributed by atoms with Crippen LogP contribution >= 0.6 is 11.6 Å². The molecule has 0 bridgehead atoms. The number of halogens is 2. The van der Waals surface area contributed by atoms with Crippen molar-refractivity contribution in [3.8, 4) is 0 Å². The number of aromatic nitrogens is 1. The lowest BCUT2D eigenvalue weighted by atomic mass is 9.77. The number of carbonyl (C=O) groups excluding carboxylic acids is 1. The summed E-state index contributed by atoms with van der Waals surface area (Å²) in [7, 11) is 1.69. The second-order valence-corrected chi connectivity index (χ2v) is 8.13. The van der Waals surface area contributed by atoms with Crippen molar-refractivity contribution in [3.63, 3.8) is 0 Å². The summed E-state index contributed by atoms with van der Waals surface area (Å²) in [6, 6.07) is 0. The van der Waals surface area contributed by atoms with Crippen molar-refractivity contribution in [2.24, 2.45) is 5.92 Å². The van der Waals surface area contributed by atoms with E-state index in [9.17, 15) is 9.18 Å². The SMILES string of the molecule is CNC(=O)C1(NCC[C@H]2CC[C@@H](c3c(F)cncc3Cl)CC2)CCOCC1. The van der Waals surface area contributed by atoms with Crippen LogP contribution < -0.4 is 10.6 Å². The van der Waals surface area contributed by atoms with Gasteiger partial charge < -0.3 is 15.4 Å². The van der Waals surface area contributed by atoms with Gasteiger partial charge in [-0.3, -0.25) is 9.78 Å². The number of nitrogens with one attached hydrogen (secondary N) is 2. The molecular weight excluding hydrogens is 369 g/mol. The van der Waals surface area contributed by atoms with Crippen LogP contribution in [0, 0.1) is 11.7 Å². The molecule has 3 rings (SSSR count). The van der Waals surface area contributed by atoms with Crippen LogP contribution in [0.5, 0.6) is 0 Å². The molecule has 1 amide bonds. The first-order valence-corrected chi connectivity index (χ1v) is 10.3. The molecule has 2 N–H and O–H groups in total. The Hall–Kier alpha value is -1.24. The van der Waals surface area contributed by atoms with Gasteiger partial charge in [0.25, 0.3) is 0 Å². The smallest absolute Gasteiger partial charge is 0.240 e. The molecule has 1 aromatic rings. The molecule has 2 fully saturated rings. The van der Waals surface area contributed by atoms with E-state index in [0.717, 1.165) is 38.6 Å². The molecule has 0 radical (unpaired) electrons. The Morgan fingerprint density at radius 2 is 2.00 bits per heavy atom. The molecule has 1 aliphatic carbocycles. The van der Waals surface area contributed by atoms with E-state index >= 15 is 0 Å². The number of amides is 1. The van der Waals surface area contributed by atoms with E-state index < -0.39 is 5.54 Å². The maximum atomic E-state index is 14.1. The van der Waals surface area contributed by atoms with Crippen LogP contribution in [0.25, 0.3) is 0 Å². The van der Waals surface area contributed by atoms with Gasteiger partial charge in [0.15, 0.2) is 0 Å². The van der Waals surface area contributed by atoms with Gasteiger partial charge in [0.2, 0.25) is 5.91 Å². The second-order valence-electron chi connectivity index (χ2n) is 7.72. The predicted molar refractivity (Wildman–Crippen MR) is 103 cm³/mol. The van der Waals surface area contributed by atoms with E-state index in [4.69, 9.17) is 16.3 Å². The van der Waals surface area contributed by atoms with Crippen LogP contribution in [0.15, 0.2) is 12.4 Å². The van der Waals surface area contributed by atoms with E-state index in [-0.39, 0.29) is 17.6 Å². The molecule has 150 valence electrons. The fourth-order valence-corrected chi connectivity index (χ4v) is 4.81. The molecule has 1 aromatic heterocycles.